The van der Waals surface area contributed by atoms with Gasteiger partial charge >= 0.3 is 0 Å². The smallest absolute Gasteiger partial charge is 0.268 e. The van der Waals surface area contributed by atoms with Crippen LogP contribution in [0.2, 0.25) is 0 Å². The lowest BCUT2D eigenvalue weighted by Crippen LogP contribution is -2.45. The zero-order valence-electron chi connectivity index (χ0n) is 38.3. The summed E-state index contributed by atoms with van der Waals surface area (Å²) >= 11 is 0. The number of hydrogen-bond acceptors (Lipinski definition) is 6. The Morgan fingerprint density at radius 1 is 0.596 bits per heavy atom. The number of allylic oxidation sites excluding steroid dienone is 3. The monoisotopic (exact) mass is 827 g/mol. The SMILES string of the molecule is CCCCCC/C=C/C(O)C(COP(=O)([O-])OCC[N+](C)(C)C)NC(=O)CCCCCCCCCCCCCCCCCCC/C=C\CCCCCCCCCC. The summed E-state index contributed by atoms with van der Waals surface area (Å²) in [5.41, 5.74) is 0. The first-order valence-corrected chi connectivity index (χ1v) is 25.7. The molecule has 1 amide bonds. The normalized spacial score (nSPS) is 14.4. The molecule has 0 aliphatic carbocycles. The van der Waals surface area contributed by atoms with E-state index in [1.807, 2.05) is 27.2 Å². The summed E-state index contributed by atoms with van der Waals surface area (Å²) in [7, 11) is 1.26. The van der Waals surface area contributed by atoms with E-state index in [2.05, 4.69) is 31.3 Å². The van der Waals surface area contributed by atoms with Crippen molar-refractivity contribution >= 4 is 13.7 Å². The van der Waals surface area contributed by atoms with Gasteiger partial charge in [-0.1, -0.05) is 199 Å². The summed E-state index contributed by atoms with van der Waals surface area (Å²) < 4.78 is 23.0. The molecule has 338 valence electrons. The van der Waals surface area contributed by atoms with Crippen LogP contribution in [0.3, 0.4) is 0 Å². The molecule has 0 aromatic heterocycles. The lowest BCUT2D eigenvalue weighted by atomic mass is 10.0. The number of likely N-dealkylation sites (N-methyl/N-ethyl adjacent to an activating group) is 1. The summed E-state index contributed by atoms with van der Waals surface area (Å²) in [6.07, 6.45) is 48.6. The van der Waals surface area contributed by atoms with Gasteiger partial charge in [0.25, 0.3) is 7.82 Å². The Labute approximate surface area is 354 Å². The number of quaternary nitrogens is 1. The molecule has 0 aromatic rings. The lowest BCUT2D eigenvalue weighted by molar-refractivity contribution is -0.870. The van der Waals surface area contributed by atoms with Gasteiger partial charge in [-0.3, -0.25) is 9.36 Å². The van der Waals surface area contributed by atoms with E-state index >= 15 is 0 Å². The highest BCUT2D eigenvalue weighted by molar-refractivity contribution is 7.45. The van der Waals surface area contributed by atoms with Gasteiger partial charge in [-0.25, -0.2) is 0 Å². The zero-order chi connectivity index (χ0) is 42.1. The summed E-state index contributed by atoms with van der Waals surface area (Å²) in [6, 6.07) is -0.879. The van der Waals surface area contributed by atoms with E-state index < -0.39 is 20.0 Å². The third-order valence-corrected chi connectivity index (χ3v) is 11.9. The highest BCUT2D eigenvalue weighted by Gasteiger charge is 2.23. The molecule has 0 saturated carbocycles. The van der Waals surface area contributed by atoms with Crippen molar-refractivity contribution in [3.05, 3.63) is 24.3 Å². The van der Waals surface area contributed by atoms with Gasteiger partial charge in [0, 0.05) is 6.42 Å². The molecule has 0 aliphatic heterocycles. The predicted octanol–water partition coefficient (Wildman–Crippen LogP) is 13.1. The number of nitrogens with zero attached hydrogens (tertiary/aromatic N) is 1. The number of aliphatic hydroxyl groups excluding tert-OH is 1. The maximum Gasteiger partial charge on any atom is 0.268 e. The van der Waals surface area contributed by atoms with Crippen molar-refractivity contribution in [2.24, 2.45) is 0 Å². The first-order valence-electron chi connectivity index (χ1n) is 24.2. The zero-order valence-corrected chi connectivity index (χ0v) is 39.2. The molecule has 3 unspecified atom stereocenters. The molecule has 8 nitrogen and oxygen atoms in total. The van der Waals surface area contributed by atoms with Gasteiger partial charge in [0.2, 0.25) is 5.91 Å². The fraction of sp³-hybridized carbons (Fsp3) is 0.896. The lowest BCUT2D eigenvalue weighted by Gasteiger charge is -2.29. The van der Waals surface area contributed by atoms with E-state index in [0.717, 1.165) is 44.9 Å². The van der Waals surface area contributed by atoms with Crippen LogP contribution in [-0.2, 0) is 18.4 Å². The van der Waals surface area contributed by atoms with Crippen molar-refractivity contribution in [2.45, 2.75) is 238 Å². The second-order valence-electron chi connectivity index (χ2n) is 17.8. The standard InChI is InChI=1S/C48H95N2O6P/c1-6-8-10-12-14-15-16-17-18-19-20-21-22-23-24-25-26-27-28-29-30-31-32-33-34-35-36-38-40-42-48(52)49-46(47(51)41-39-37-13-11-9-7-2)45-56-57(53,54)55-44-43-50(3,4)5/h19-20,39,41,46-47,51H,6-18,21-38,40,42-45H2,1-5H3,(H-,49,52,53,54)/b20-19-,41-39+. The van der Waals surface area contributed by atoms with Crippen LogP contribution in [0.1, 0.15) is 226 Å². The molecule has 0 fully saturated rings. The molecule has 3 atom stereocenters. The topological polar surface area (TPSA) is 108 Å². The molecule has 0 spiro atoms. The Morgan fingerprint density at radius 2 is 0.965 bits per heavy atom. The molecule has 57 heavy (non-hydrogen) atoms. The number of phosphoric acid groups is 1. The largest absolute Gasteiger partial charge is 0.756 e. The fourth-order valence-electron chi connectivity index (χ4n) is 7.03. The molecular formula is C48H95N2O6P. The number of unbranched alkanes of at least 4 members (excludes halogenated alkanes) is 29. The van der Waals surface area contributed by atoms with Gasteiger partial charge in [-0.15, -0.1) is 0 Å². The minimum atomic E-state index is -4.57. The van der Waals surface area contributed by atoms with Gasteiger partial charge in [0.15, 0.2) is 0 Å². The molecule has 0 saturated heterocycles. The number of carbonyl (C=O) groups is 1. The van der Waals surface area contributed by atoms with Crippen LogP contribution in [0.5, 0.6) is 0 Å². The molecule has 0 heterocycles. The molecule has 0 bridgehead atoms. The maximum atomic E-state index is 12.8. The molecule has 0 aromatic carbocycles. The van der Waals surface area contributed by atoms with Crippen LogP contribution in [0.15, 0.2) is 24.3 Å². The van der Waals surface area contributed by atoms with Gasteiger partial charge in [-0.2, -0.15) is 0 Å². The van der Waals surface area contributed by atoms with Crippen LogP contribution in [0, 0.1) is 0 Å². The van der Waals surface area contributed by atoms with E-state index in [4.69, 9.17) is 9.05 Å². The number of hydrogen-bond donors (Lipinski definition) is 2. The first kappa shape index (κ1) is 56.0. The Kier molecular flexibility index (Phi) is 39.7. The summed E-state index contributed by atoms with van der Waals surface area (Å²) in [5, 5.41) is 13.6. The van der Waals surface area contributed by atoms with E-state index in [1.165, 1.54) is 161 Å². The van der Waals surface area contributed by atoms with Crippen molar-refractivity contribution in [3.8, 4) is 0 Å². The maximum absolute atomic E-state index is 12.8. The molecular weight excluding hydrogens is 732 g/mol. The van der Waals surface area contributed by atoms with Crippen LogP contribution in [-0.4, -0.2) is 68.5 Å². The Hall–Kier alpha value is -1.02. The number of carbonyl (C=O) groups excluding carboxylic acids is 1. The Bertz CT molecular complexity index is 984. The number of nitrogens with one attached hydrogen (secondary N) is 1. The van der Waals surface area contributed by atoms with Crippen LogP contribution in [0.25, 0.3) is 0 Å². The van der Waals surface area contributed by atoms with Crippen molar-refractivity contribution in [2.75, 3.05) is 40.9 Å². The molecule has 9 heteroatoms. The van der Waals surface area contributed by atoms with E-state index in [-0.39, 0.29) is 19.1 Å². The second-order valence-corrected chi connectivity index (χ2v) is 19.2. The minimum absolute atomic E-state index is 0.0000532. The van der Waals surface area contributed by atoms with Gasteiger partial charge in [0.1, 0.15) is 13.2 Å². The number of amides is 1. The molecule has 0 radical (unpaired) electrons. The van der Waals surface area contributed by atoms with Gasteiger partial charge < -0.3 is 28.8 Å². The Balaban J connectivity index is 3.90. The van der Waals surface area contributed by atoms with E-state index in [0.29, 0.717) is 17.4 Å². The third kappa shape index (κ3) is 42.9. The molecule has 0 rings (SSSR count). The van der Waals surface area contributed by atoms with E-state index in [9.17, 15) is 19.4 Å². The van der Waals surface area contributed by atoms with Crippen LogP contribution in [0.4, 0.5) is 0 Å². The number of aliphatic hydroxyl groups is 1. The van der Waals surface area contributed by atoms with Crippen LogP contribution < -0.4 is 10.2 Å². The van der Waals surface area contributed by atoms with Gasteiger partial charge in [0.05, 0.1) is 39.9 Å². The predicted molar refractivity (Wildman–Crippen MR) is 242 cm³/mol. The quantitative estimate of drug-likeness (QED) is 0.0274. The van der Waals surface area contributed by atoms with Crippen molar-refractivity contribution in [1.82, 2.24) is 5.32 Å². The van der Waals surface area contributed by atoms with Gasteiger partial charge in [-0.05, 0) is 44.9 Å². The number of rotatable bonds is 44. The van der Waals surface area contributed by atoms with Crippen LogP contribution >= 0.6 is 7.82 Å². The van der Waals surface area contributed by atoms with E-state index in [1.54, 1.807) is 6.08 Å². The van der Waals surface area contributed by atoms with Crippen molar-refractivity contribution < 1.29 is 32.9 Å². The Morgan fingerprint density at radius 3 is 1.39 bits per heavy atom. The molecule has 2 N–H and O–H groups in total. The highest BCUT2D eigenvalue weighted by Crippen LogP contribution is 2.38. The third-order valence-electron chi connectivity index (χ3n) is 10.9. The fourth-order valence-corrected chi connectivity index (χ4v) is 7.75. The number of phosphoric ester groups is 1. The highest BCUT2D eigenvalue weighted by atomic mass is 31.2. The second kappa shape index (κ2) is 40.4. The summed E-state index contributed by atoms with van der Waals surface area (Å²) in [6.45, 7) is 4.57. The average molecular weight is 827 g/mol. The average Bonchev–Trinajstić information content (AvgIpc) is 3.16. The molecule has 0 aliphatic rings. The summed E-state index contributed by atoms with van der Waals surface area (Å²) in [5.74, 6) is -0.201. The first-order chi connectivity index (χ1) is 27.5. The van der Waals surface area contributed by atoms with Crippen molar-refractivity contribution in [1.29, 1.82) is 0 Å². The summed E-state index contributed by atoms with van der Waals surface area (Å²) in [4.78, 5) is 25.1. The minimum Gasteiger partial charge on any atom is -0.756 e. The van der Waals surface area contributed by atoms with Crippen molar-refractivity contribution in [3.63, 3.8) is 0 Å².